The van der Waals surface area contributed by atoms with E-state index in [2.05, 4.69) is 86.3 Å². The SMILES string of the molecule is CC(C)N(Cc1cccs1)c1cc(Br)ccc1CBr. The van der Waals surface area contributed by atoms with Crippen molar-refractivity contribution in [1.82, 2.24) is 0 Å². The lowest BCUT2D eigenvalue weighted by Gasteiger charge is -2.30. The zero-order chi connectivity index (χ0) is 13.8. The minimum atomic E-state index is 0.467. The Morgan fingerprint density at radius 3 is 2.63 bits per heavy atom. The van der Waals surface area contributed by atoms with Crippen LogP contribution in [0.4, 0.5) is 5.69 Å². The van der Waals surface area contributed by atoms with E-state index in [1.54, 1.807) is 0 Å². The van der Waals surface area contributed by atoms with Crippen LogP contribution in [0.25, 0.3) is 0 Å². The number of anilines is 1. The third-order valence-electron chi connectivity index (χ3n) is 3.03. The molecule has 1 aromatic carbocycles. The molecule has 0 atom stereocenters. The Bertz CT molecular complexity index is 523. The maximum Gasteiger partial charge on any atom is 0.0525 e. The summed E-state index contributed by atoms with van der Waals surface area (Å²) in [6, 6.07) is 11.3. The molecule has 0 radical (unpaired) electrons. The Morgan fingerprint density at radius 1 is 1.26 bits per heavy atom. The van der Waals surface area contributed by atoms with Crippen LogP contribution in [0.1, 0.15) is 24.3 Å². The maximum absolute atomic E-state index is 3.59. The summed E-state index contributed by atoms with van der Waals surface area (Å²) in [5.74, 6) is 0. The molecule has 102 valence electrons. The fraction of sp³-hybridized carbons (Fsp3) is 0.333. The van der Waals surface area contributed by atoms with E-state index in [9.17, 15) is 0 Å². The zero-order valence-electron chi connectivity index (χ0n) is 11.1. The van der Waals surface area contributed by atoms with Crippen molar-refractivity contribution in [2.24, 2.45) is 0 Å². The smallest absolute Gasteiger partial charge is 0.0525 e. The molecule has 0 aliphatic heterocycles. The second-order valence-corrected chi connectivity index (χ2v) is 7.22. The highest BCUT2D eigenvalue weighted by atomic mass is 79.9. The van der Waals surface area contributed by atoms with Crippen LogP contribution in [0.2, 0.25) is 0 Å². The highest BCUT2D eigenvalue weighted by Gasteiger charge is 2.15. The highest BCUT2D eigenvalue weighted by molar-refractivity contribution is 9.10. The van der Waals surface area contributed by atoms with Crippen molar-refractivity contribution in [3.05, 3.63) is 50.6 Å². The van der Waals surface area contributed by atoms with E-state index in [0.717, 1.165) is 16.3 Å². The van der Waals surface area contributed by atoms with Crippen LogP contribution < -0.4 is 4.90 Å². The molecule has 0 bridgehead atoms. The molecule has 4 heteroatoms. The lowest BCUT2D eigenvalue weighted by molar-refractivity contribution is 0.685. The molecule has 0 unspecified atom stereocenters. The fourth-order valence-corrected chi connectivity index (χ4v) is 3.56. The molecule has 0 aliphatic carbocycles. The van der Waals surface area contributed by atoms with Gasteiger partial charge in [0, 0.05) is 26.4 Å². The Morgan fingerprint density at radius 2 is 2.05 bits per heavy atom. The molecular weight excluding hydrogens is 386 g/mol. The van der Waals surface area contributed by atoms with Gasteiger partial charge in [-0.25, -0.2) is 0 Å². The minimum absolute atomic E-state index is 0.467. The molecule has 1 heterocycles. The molecule has 1 nitrogen and oxygen atoms in total. The van der Waals surface area contributed by atoms with Gasteiger partial charge >= 0.3 is 0 Å². The molecule has 0 spiro atoms. The summed E-state index contributed by atoms with van der Waals surface area (Å²) in [6.07, 6.45) is 0. The number of thiophene rings is 1. The quantitative estimate of drug-likeness (QED) is 0.569. The molecule has 0 amide bonds. The lowest BCUT2D eigenvalue weighted by atomic mass is 10.1. The van der Waals surface area contributed by atoms with Gasteiger partial charge in [0.05, 0.1) is 6.54 Å². The van der Waals surface area contributed by atoms with Crippen molar-refractivity contribution < 1.29 is 0 Å². The molecular formula is C15H17Br2NS. The molecule has 19 heavy (non-hydrogen) atoms. The molecule has 0 aliphatic rings. The highest BCUT2D eigenvalue weighted by Crippen LogP contribution is 2.30. The number of rotatable bonds is 5. The van der Waals surface area contributed by atoms with Crippen LogP contribution in [0.5, 0.6) is 0 Å². The van der Waals surface area contributed by atoms with E-state index >= 15 is 0 Å². The van der Waals surface area contributed by atoms with E-state index in [0.29, 0.717) is 6.04 Å². The van der Waals surface area contributed by atoms with Gasteiger partial charge in [-0.15, -0.1) is 11.3 Å². The van der Waals surface area contributed by atoms with E-state index in [1.165, 1.54) is 16.1 Å². The van der Waals surface area contributed by atoms with Crippen LogP contribution in [-0.4, -0.2) is 6.04 Å². The van der Waals surface area contributed by atoms with E-state index in [4.69, 9.17) is 0 Å². The normalized spacial score (nSPS) is 11.0. The van der Waals surface area contributed by atoms with E-state index in [-0.39, 0.29) is 0 Å². The van der Waals surface area contributed by atoms with Crippen molar-refractivity contribution in [2.75, 3.05) is 4.90 Å². The van der Waals surface area contributed by atoms with Gasteiger partial charge in [0.2, 0.25) is 0 Å². The summed E-state index contributed by atoms with van der Waals surface area (Å²) in [6.45, 7) is 5.45. The molecule has 0 saturated carbocycles. The van der Waals surface area contributed by atoms with E-state index < -0.39 is 0 Å². The van der Waals surface area contributed by atoms with Crippen LogP contribution >= 0.6 is 43.2 Å². The summed E-state index contributed by atoms with van der Waals surface area (Å²) in [4.78, 5) is 3.85. The van der Waals surface area contributed by atoms with Gasteiger partial charge in [0.25, 0.3) is 0 Å². The Kier molecular flexibility index (Phi) is 5.48. The monoisotopic (exact) mass is 401 g/mol. The standard InChI is InChI=1S/C15H17Br2NS/c1-11(2)18(10-14-4-3-7-19-14)15-8-13(17)6-5-12(15)9-16/h3-8,11H,9-10H2,1-2H3. The Labute approximate surface area is 135 Å². The van der Waals surface area contributed by atoms with Crippen LogP contribution in [0, 0.1) is 0 Å². The first-order chi connectivity index (χ1) is 9.11. The van der Waals surface area contributed by atoms with Gasteiger partial charge in [-0.3, -0.25) is 0 Å². The fourth-order valence-electron chi connectivity index (χ4n) is 2.03. The van der Waals surface area contributed by atoms with Crippen molar-refractivity contribution in [2.45, 2.75) is 31.8 Å². The number of hydrogen-bond donors (Lipinski definition) is 0. The number of hydrogen-bond acceptors (Lipinski definition) is 2. The predicted octanol–water partition coefficient (Wildman–Crippen LogP) is 5.82. The van der Waals surface area contributed by atoms with Gasteiger partial charge in [-0.05, 0) is 43.0 Å². The summed E-state index contributed by atoms with van der Waals surface area (Å²) < 4.78 is 1.13. The second-order valence-electron chi connectivity index (χ2n) is 4.71. The number of benzene rings is 1. The van der Waals surface area contributed by atoms with Gasteiger partial charge < -0.3 is 4.90 Å². The third kappa shape index (κ3) is 3.83. The van der Waals surface area contributed by atoms with Gasteiger partial charge in [-0.2, -0.15) is 0 Å². The van der Waals surface area contributed by atoms with E-state index in [1.807, 2.05) is 11.3 Å². The summed E-state index contributed by atoms with van der Waals surface area (Å²) in [7, 11) is 0. The Balaban J connectivity index is 2.35. The average molecular weight is 403 g/mol. The summed E-state index contributed by atoms with van der Waals surface area (Å²) in [5.41, 5.74) is 2.63. The first kappa shape index (κ1) is 15.1. The molecule has 0 saturated heterocycles. The topological polar surface area (TPSA) is 3.24 Å². The van der Waals surface area contributed by atoms with Crippen molar-refractivity contribution in [1.29, 1.82) is 0 Å². The number of alkyl halides is 1. The Hall–Kier alpha value is -0.320. The maximum atomic E-state index is 3.59. The van der Waals surface area contributed by atoms with Crippen LogP contribution in [0.15, 0.2) is 40.2 Å². The molecule has 0 fully saturated rings. The summed E-state index contributed by atoms with van der Waals surface area (Å²) in [5, 5.41) is 3.02. The second kappa shape index (κ2) is 6.91. The first-order valence-corrected chi connectivity index (χ1v) is 9.04. The predicted molar refractivity (Wildman–Crippen MR) is 92.4 cm³/mol. The van der Waals surface area contributed by atoms with Gasteiger partial charge in [0.15, 0.2) is 0 Å². The minimum Gasteiger partial charge on any atom is -0.364 e. The van der Waals surface area contributed by atoms with Gasteiger partial charge in [-0.1, -0.05) is 44.0 Å². The molecule has 1 aromatic heterocycles. The van der Waals surface area contributed by atoms with Gasteiger partial charge in [0.1, 0.15) is 0 Å². The van der Waals surface area contributed by atoms with Crippen molar-refractivity contribution >= 4 is 48.9 Å². The zero-order valence-corrected chi connectivity index (χ0v) is 15.1. The molecule has 2 rings (SSSR count). The summed E-state index contributed by atoms with van der Waals surface area (Å²) >= 11 is 8.99. The van der Waals surface area contributed by atoms with Crippen LogP contribution in [0.3, 0.4) is 0 Å². The lowest BCUT2D eigenvalue weighted by Crippen LogP contribution is -2.30. The molecule has 0 N–H and O–H groups in total. The molecule has 2 aromatic rings. The van der Waals surface area contributed by atoms with Crippen molar-refractivity contribution in [3.8, 4) is 0 Å². The average Bonchev–Trinajstić information content (AvgIpc) is 2.88. The largest absolute Gasteiger partial charge is 0.364 e. The number of nitrogens with zero attached hydrogens (tertiary/aromatic N) is 1. The van der Waals surface area contributed by atoms with Crippen LogP contribution in [-0.2, 0) is 11.9 Å². The first-order valence-electron chi connectivity index (χ1n) is 6.25. The third-order valence-corrected chi connectivity index (χ3v) is 4.99. The number of halogens is 2. The van der Waals surface area contributed by atoms with Crippen molar-refractivity contribution in [3.63, 3.8) is 0 Å².